The van der Waals surface area contributed by atoms with Gasteiger partial charge >= 0.3 is 0 Å². The molecule has 4 heteroatoms. The Morgan fingerprint density at radius 3 is 1.71 bits per heavy atom. The van der Waals surface area contributed by atoms with Gasteiger partial charge in [-0.2, -0.15) is 0 Å². The van der Waals surface area contributed by atoms with E-state index in [1.54, 1.807) is 0 Å². The highest BCUT2D eigenvalue weighted by atomic mass is 79.9. The number of hydrogen-bond donors (Lipinski definition) is 1. The molecule has 1 nitrogen and oxygen atoms in total. The Balaban J connectivity index is 0. The maximum atomic E-state index is 5.14. The van der Waals surface area contributed by atoms with Gasteiger partial charge in [0.25, 0.3) is 0 Å². The highest BCUT2D eigenvalue weighted by Crippen LogP contribution is 2.11. The average molecular weight is 207 g/mol. The maximum Gasteiger partial charge on any atom is 0.185 e. The zero-order valence-corrected chi connectivity index (χ0v) is 6.75. The van der Waals surface area contributed by atoms with Crippen LogP contribution in [0.4, 0.5) is 0 Å². The van der Waals surface area contributed by atoms with Gasteiger partial charge in [-0.15, -0.1) is 17.0 Å². The highest BCUT2D eigenvalue weighted by molar-refractivity contribution is 8.93. The van der Waals surface area contributed by atoms with Gasteiger partial charge in [0, 0.05) is 0 Å². The molecule has 0 rings (SSSR count). The van der Waals surface area contributed by atoms with Gasteiger partial charge in [-0.3, -0.25) is 5.73 Å². The molecular formula is C3H6BrCl2N. The fraction of sp³-hybridized carbons (Fsp3) is 0.333. The first-order chi connectivity index (χ1) is 2.56. The molecule has 7 heavy (non-hydrogen) atoms. The molecule has 2 N–H and O–H groups in total. The first-order valence-corrected chi connectivity index (χ1v) is 2.12. The van der Waals surface area contributed by atoms with Crippen molar-refractivity contribution in [2.24, 2.45) is 5.73 Å². The summed E-state index contributed by atoms with van der Waals surface area (Å²) in [5, 5.41) is 0. The Kier molecular flexibility index (Phi) is 5.69. The summed E-state index contributed by atoms with van der Waals surface area (Å²) in [5.74, 6) is 0. The third kappa shape index (κ3) is 10.8. The van der Waals surface area contributed by atoms with E-state index < -0.39 is 4.46 Å². The second kappa shape index (κ2) is 3.72. The lowest BCUT2D eigenvalue weighted by Gasteiger charge is -2.01. The largest absolute Gasteiger partial charge is 0.297 e. The number of alkyl halides is 2. The van der Waals surface area contributed by atoms with Gasteiger partial charge in [0.1, 0.15) is 0 Å². The first kappa shape index (κ1) is 10.7. The van der Waals surface area contributed by atoms with Crippen LogP contribution >= 0.6 is 40.2 Å². The van der Waals surface area contributed by atoms with E-state index in [0.29, 0.717) is 0 Å². The van der Waals surface area contributed by atoms with Crippen LogP contribution in [0.2, 0.25) is 0 Å². The van der Waals surface area contributed by atoms with Crippen LogP contribution in [0.3, 0.4) is 0 Å². The van der Waals surface area contributed by atoms with Crippen molar-refractivity contribution in [1.29, 1.82) is 0 Å². The Hall–Kier alpha value is 0.760. The lowest BCUT2D eigenvalue weighted by molar-refractivity contribution is 1.05. The minimum Gasteiger partial charge on any atom is -0.297 e. The molecule has 0 spiro atoms. The summed E-state index contributed by atoms with van der Waals surface area (Å²) in [5.41, 5.74) is 4.95. The molecule has 0 aliphatic carbocycles. The zero-order valence-electron chi connectivity index (χ0n) is 3.53. The first-order valence-electron chi connectivity index (χ1n) is 1.36. The lowest BCUT2D eigenvalue weighted by Crippen LogP contribution is -2.20. The molecular weight excluding hydrogens is 201 g/mol. The topological polar surface area (TPSA) is 26.0 Å². The van der Waals surface area contributed by atoms with Crippen molar-refractivity contribution in [3.05, 3.63) is 12.7 Å². The van der Waals surface area contributed by atoms with Crippen molar-refractivity contribution >= 4 is 40.2 Å². The quantitative estimate of drug-likeness (QED) is 0.396. The second-order valence-electron chi connectivity index (χ2n) is 0.879. The van der Waals surface area contributed by atoms with E-state index in [4.69, 9.17) is 28.9 Å². The smallest absolute Gasteiger partial charge is 0.185 e. The van der Waals surface area contributed by atoms with E-state index in [2.05, 4.69) is 6.58 Å². The monoisotopic (exact) mass is 205 g/mol. The highest BCUT2D eigenvalue weighted by Gasteiger charge is 2.07. The van der Waals surface area contributed by atoms with E-state index >= 15 is 0 Å². The fourth-order valence-electron chi connectivity index (χ4n) is 0. The molecule has 0 aliphatic heterocycles. The molecule has 0 fully saturated rings. The van der Waals surface area contributed by atoms with Gasteiger partial charge in [-0.25, -0.2) is 0 Å². The van der Waals surface area contributed by atoms with Crippen LogP contribution in [-0.2, 0) is 0 Å². The van der Waals surface area contributed by atoms with Gasteiger partial charge < -0.3 is 0 Å². The van der Waals surface area contributed by atoms with Crippen LogP contribution in [0.1, 0.15) is 0 Å². The Bertz CT molecular complexity index is 58.4. The molecule has 0 bridgehead atoms. The summed E-state index contributed by atoms with van der Waals surface area (Å²) < 4.78 is -1.25. The maximum absolute atomic E-state index is 5.14. The van der Waals surface area contributed by atoms with Crippen LogP contribution in [-0.4, -0.2) is 4.46 Å². The molecule has 0 amide bonds. The van der Waals surface area contributed by atoms with Crippen molar-refractivity contribution in [3.8, 4) is 0 Å². The van der Waals surface area contributed by atoms with Gasteiger partial charge in [0.15, 0.2) is 4.46 Å². The zero-order chi connectivity index (χ0) is 5.21. The van der Waals surface area contributed by atoms with Gasteiger partial charge in [-0.05, 0) is 6.08 Å². The van der Waals surface area contributed by atoms with E-state index in [1.807, 2.05) is 0 Å². The van der Waals surface area contributed by atoms with Gasteiger partial charge in [0.05, 0.1) is 0 Å². The molecule has 44 valence electrons. The Labute approximate surface area is 63.2 Å². The third-order valence-electron chi connectivity index (χ3n) is 0.272. The van der Waals surface area contributed by atoms with Crippen LogP contribution in [0, 0.1) is 0 Å². The SMILES string of the molecule is Br.C=CC(N)(Cl)Cl. The molecule has 0 aromatic heterocycles. The van der Waals surface area contributed by atoms with E-state index in [-0.39, 0.29) is 17.0 Å². The van der Waals surface area contributed by atoms with Crippen molar-refractivity contribution in [3.63, 3.8) is 0 Å². The van der Waals surface area contributed by atoms with Crippen LogP contribution in [0.25, 0.3) is 0 Å². The van der Waals surface area contributed by atoms with Gasteiger partial charge in [-0.1, -0.05) is 29.8 Å². The van der Waals surface area contributed by atoms with E-state index in [0.717, 1.165) is 0 Å². The van der Waals surface area contributed by atoms with Crippen LogP contribution in [0.15, 0.2) is 12.7 Å². The summed E-state index contributed by atoms with van der Waals surface area (Å²) in [6.07, 6.45) is 1.25. The number of rotatable bonds is 1. The molecule has 0 saturated carbocycles. The third-order valence-corrected chi connectivity index (χ3v) is 0.581. The predicted molar refractivity (Wildman–Crippen MR) is 39.1 cm³/mol. The van der Waals surface area contributed by atoms with Crippen molar-refractivity contribution in [1.82, 2.24) is 0 Å². The summed E-state index contributed by atoms with van der Waals surface area (Å²) in [6, 6.07) is 0. The molecule has 0 unspecified atom stereocenters. The lowest BCUT2D eigenvalue weighted by atomic mass is 10.6. The van der Waals surface area contributed by atoms with Crippen LogP contribution in [0.5, 0.6) is 0 Å². The summed E-state index contributed by atoms with van der Waals surface area (Å²) in [4.78, 5) is 0. The standard InChI is InChI=1S/C3H5Cl2N.BrH/c1-2-3(4,5)6;/h2H,1,6H2;1H. The second-order valence-corrected chi connectivity index (χ2v) is 2.32. The molecule has 0 aromatic carbocycles. The molecule has 0 atom stereocenters. The Morgan fingerprint density at radius 2 is 1.71 bits per heavy atom. The molecule has 0 aromatic rings. The summed E-state index contributed by atoms with van der Waals surface area (Å²) in [7, 11) is 0. The minimum atomic E-state index is -1.25. The summed E-state index contributed by atoms with van der Waals surface area (Å²) in [6.45, 7) is 3.24. The van der Waals surface area contributed by atoms with Crippen molar-refractivity contribution in [2.45, 2.75) is 4.46 Å². The number of nitrogens with two attached hydrogens (primary N) is 1. The predicted octanol–water partition coefficient (Wildman–Crippen LogP) is 1.84. The van der Waals surface area contributed by atoms with E-state index in [1.165, 1.54) is 6.08 Å². The normalized spacial score (nSPS) is 9.57. The van der Waals surface area contributed by atoms with Crippen molar-refractivity contribution < 1.29 is 0 Å². The molecule has 0 heterocycles. The number of hydrogen-bond acceptors (Lipinski definition) is 1. The minimum absolute atomic E-state index is 0. The molecule has 0 radical (unpaired) electrons. The van der Waals surface area contributed by atoms with Crippen LogP contribution < -0.4 is 5.73 Å². The molecule has 0 saturated heterocycles. The average Bonchev–Trinajstić information content (AvgIpc) is 1.35. The van der Waals surface area contributed by atoms with Crippen molar-refractivity contribution in [2.75, 3.05) is 0 Å². The Morgan fingerprint density at radius 1 is 1.57 bits per heavy atom. The summed E-state index contributed by atoms with van der Waals surface area (Å²) >= 11 is 10.3. The number of halogens is 3. The fourth-order valence-corrected chi connectivity index (χ4v) is 0. The van der Waals surface area contributed by atoms with E-state index in [9.17, 15) is 0 Å². The van der Waals surface area contributed by atoms with Gasteiger partial charge in [0.2, 0.25) is 0 Å². The molecule has 0 aliphatic rings.